The number of carbonyl (C=O) groups is 1. The Labute approximate surface area is 161 Å². The fourth-order valence-corrected chi connectivity index (χ4v) is 4.51. The zero-order chi connectivity index (χ0) is 20.0. The van der Waals surface area contributed by atoms with Crippen LogP contribution in [0.1, 0.15) is 33.1 Å². The molecule has 1 saturated heterocycles. The number of hydrogen-bond acceptors (Lipinski definition) is 5. The molecule has 2 N–H and O–H groups in total. The molecule has 0 spiro atoms. The summed E-state index contributed by atoms with van der Waals surface area (Å²) in [5.41, 5.74) is 0.417. The zero-order valence-corrected chi connectivity index (χ0v) is 16.8. The van der Waals surface area contributed by atoms with Gasteiger partial charge < -0.3 is 15.0 Å². The first kappa shape index (κ1) is 21.1. The molecule has 1 heterocycles. The fourth-order valence-electron chi connectivity index (χ4n) is 3.05. The number of rotatable bonds is 8. The van der Waals surface area contributed by atoms with Crippen molar-refractivity contribution in [3.8, 4) is 18.2 Å². The summed E-state index contributed by atoms with van der Waals surface area (Å²) in [6.07, 6.45) is 7.67. The number of amides is 1. The van der Waals surface area contributed by atoms with Crippen LogP contribution in [0.2, 0.25) is 0 Å². The summed E-state index contributed by atoms with van der Waals surface area (Å²) in [6.45, 7) is 4.96. The molecule has 1 unspecified atom stereocenters. The van der Waals surface area contributed by atoms with Crippen molar-refractivity contribution in [3.05, 3.63) is 18.2 Å². The minimum absolute atomic E-state index is 0.00916. The smallest absolute Gasteiger partial charge is 0.244 e. The summed E-state index contributed by atoms with van der Waals surface area (Å²) in [6, 6.07) is 6.84. The Bertz CT molecular complexity index is 817. The highest BCUT2D eigenvalue weighted by molar-refractivity contribution is 7.89. The Balaban J connectivity index is 2.21. The number of benzene rings is 1. The molecule has 8 heteroatoms. The van der Waals surface area contributed by atoms with Gasteiger partial charge in [0, 0.05) is 36.8 Å². The summed E-state index contributed by atoms with van der Waals surface area (Å²) in [7, 11) is -2.42. The number of nitrogens with one attached hydrogen (secondary N) is 2. The van der Waals surface area contributed by atoms with Crippen LogP contribution in [0.5, 0.6) is 5.75 Å². The van der Waals surface area contributed by atoms with Crippen molar-refractivity contribution in [1.82, 2.24) is 9.62 Å². The Morgan fingerprint density at radius 1 is 1.48 bits per heavy atom. The number of likely N-dealkylation sites (tertiary alicyclic amines) is 1. The van der Waals surface area contributed by atoms with E-state index in [9.17, 15) is 13.2 Å². The first-order valence-corrected chi connectivity index (χ1v) is 10.5. The van der Waals surface area contributed by atoms with Gasteiger partial charge in [0.1, 0.15) is 10.6 Å². The predicted molar refractivity (Wildman–Crippen MR) is 105 cm³/mol. The van der Waals surface area contributed by atoms with Crippen molar-refractivity contribution in [2.45, 2.75) is 44.0 Å². The second kappa shape index (κ2) is 9.11. The Kier molecular flexibility index (Phi) is 7.11. The Hall–Kier alpha value is -2.24. The molecule has 0 bridgehead atoms. The van der Waals surface area contributed by atoms with Gasteiger partial charge in [-0.3, -0.25) is 4.79 Å². The average molecular weight is 394 g/mol. The molecule has 1 amide bonds. The van der Waals surface area contributed by atoms with Gasteiger partial charge >= 0.3 is 0 Å². The topological polar surface area (TPSA) is 87.7 Å². The number of hydrogen-bond donors (Lipinski definition) is 2. The van der Waals surface area contributed by atoms with E-state index in [0.29, 0.717) is 25.2 Å². The van der Waals surface area contributed by atoms with Crippen molar-refractivity contribution >= 4 is 21.6 Å². The maximum atomic E-state index is 12.9. The molecule has 0 aliphatic carbocycles. The fraction of sp³-hybridized carbons (Fsp3) is 0.526. The van der Waals surface area contributed by atoms with Crippen molar-refractivity contribution in [2.75, 3.05) is 25.5 Å². The third-order valence-corrected chi connectivity index (χ3v) is 6.12. The highest BCUT2D eigenvalue weighted by Crippen LogP contribution is 2.28. The number of carbonyl (C=O) groups excluding carboxylic acids is 1. The summed E-state index contributed by atoms with van der Waals surface area (Å²) in [5, 5.41) is 2.78. The molecule has 0 saturated carbocycles. The second-order valence-electron chi connectivity index (χ2n) is 6.73. The normalized spacial score (nSPS) is 18.0. The van der Waals surface area contributed by atoms with E-state index < -0.39 is 10.0 Å². The molecule has 27 heavy (non-hydrogen) atoms. The minimum Gasteiger partial charge on any atom is -0.495 e. The Morgan fingerprint density at radius 3 is 2.81 bits per heavy atom. The number of sulfonamides is 1. The second-order valence-corrected chi connectivity index (χ2v) is 8.41. The lowest BCUT2D eigenvalue weighted by Crippen LogP contribution is -2.36. The largest absolute Gasteiger partial charge is 0.495 e. The third-order valence-electron chi connectivity index (χ3n) is 4.58. The molecule has 1 aliphatic heterocycles. The van der Waals surface area contributed by atoms with Crippen LogP contribution in [0.4, 0.5) is 5.69 Å². The molecule has 1 aromatic rings. The van der Waals surface area contributed by atoms with Gasteiger partial charge in [-0.1, -0.05) is 26.7 Å². The standard InChI is InChI=1S/C19H27N3O4S/c1-5-7-14(3)19(23)20-15-8-9-17(26-4)18(12-15)27(24,25)21-16-10-11-22(6-2)13-16/h2,8-9,12,14,16,21H,5,7,10-11,13H2,1,3-4H3,(H,20,23)/t14?,16-/m1/s1. The molecule has 2 atom stereocenters. The highest BCUT2D eigenvalue weighted by atomic mass is 32.2. The van der Waals surface area contributed by atoms with Crippen LogP contribution in [0.15, 0.2) is 23.1 Å². The van der Waals surface area contributed by atoms with Crippen LogP contribution in [-0.2, 0) is 14.8 Å². The molecule has 148 valence electrons. The molecule has 7 nitrogen and oxygen atoms in total. The molecule has 2 rings (SSSR count). The number of ether oxygens (including phenoxy) is 1. The van der Waals surface area contributed by atoms with Crippen molar-refractivity contribution < 1.29 is 17.9 Å². The quantitative estimate of drug-likeness (QED) is 0.660. The first-order valence-electron chi connectivity index (χ1n) is 9.03. The summed E-state index contributed by atoms with van der Waals surface area (Å²) < 4.78 is 33.6. The third kappa shape index (κ3) is 5.37. The van der Waals surface area contributed by atoms with E-state index in [4.69, 9.17) is 11.2 Å². The highest BCUT2D eigenvalue weighted by Gasteiger charge is 2.28. The lowest BCUT2D eigenvalue weighted by molar-refractivity contribution is -0.119. The van der Waals surface area contributed by atoms with Gasteiger partial charge in [-0.15, -0.1) is 0 Å². The van der Waals surface area contributed by atoms with Crippen LogP contribution in [0, 0.1) is 18.4 Å². The summed E-state index contributed by atoms with van der Waals surface area (Å²) in [4.78, 5) is 14.0. The van der Waals surface area contributed by atoms with Gasteiger partial charge in [-0.05, 0) is 31.0 Å². The number of methoxy groups -OCH3 is 1. The van der Waals surface area contributed by atoms with Gasteiger partial charge in [0.15, 0.2) is 0 Å². The molecule has 0 radical (unpaired) electrons. The van der Waals surface area contributed by atoms with Crippen LogP contribution in [-0.4, -0.2) is 45.5 Å². The molecule has 1 fully saturated rings. The van der Waals surface area contributed by atoms with E-state index in [0.717, 1.165) is 12.8 Å². The molecule has 1 aromatic carbocycles. The lowest BCUT2D eigenvalue weighted by atomic mass is 10.1. The van der Waals surface area contributed by atoms with Crippen LogP contribution in [0.25, 0.3) is 0 Å². The predicted octanol–water partition coefficient (Wildman–Crippen LogP) is 2.01. The van der Waals surface area contributed by atoms with Crippen molar-refractivity contribution in [1.29, 1.82) is 0 Å². The van der Waals surface area contributed by atoms with Crippen molar-refractivity contribution in [3.63, 3.8) is 0 Å². The lowest BCUT2D eigenvalue weighted by Gasteiger charge is -2.17. The van der Waals surface area contributed by atoms with E-state index in [2.05, 4.69) is 16.1 Å². The summed E-state index contributed by atoms with van der Waals surface area (Å²) in [5.74, 6) is -0.0730. The molecule has 0 aromatic heterocycles. The van der Waals surface area contributed by atoms with Gasteiger partial charge in [0.25, 0.3) is 0 Å². The first-order chi connectivity index (χ1) is 12.8. The van der Waals surface area contributed by atoms with E-state index >= 15 is 0 Å². The molecular weight excluding hydrogens is 366 g/mol. The van der Waals surface area contributed by atoms with E-state index in [1.54, 1.807) is 11.0 Å². The maximum absolute atomic E-state index is 12.9. The van der Waals surface area contributed by atoms with Gasteiger partial charge in [-0.2, -0.15) is 0 Å². The summed E-state index contributed by atoms with van der Waals surface area (Å²) >= 11 is 0. The van der Waals surface area contributed by atoms with Crippen LogP contribution in [0.3, 0.4) is 0 Å². The van der Waals surface area contributed by atoms with Crippen molar-refractivity contribution in [2.24, 2.45) is 5.92 Å². The molecule has 1 aliphatic rings. The average Bonchev–Trinajstić information content (AvgIpc) is 3.08. The number of anilines is 1. The zero-order valence-electron chi connectivity index (χ0n) is 16.0. The molecular formula is C19H27N3O4S. The van der Waals surface area contributed by atoms with E-state index in [1.807, 2.05) is 13.8 Å². The van der Waals surface area contributed by atoms with Gasteiger partial charge in [-0.25, -0.2) is 13.1 Å². The monoisotopic (exact) mass is 393 g/mol. The van der Waals surface area contributed by atoms with E-state index in [1.165, 1.54) is 19.2 Å². The van der Waals surface area contributed by atoms with Crippen LogP contribution >= 0.6 is 0 Å². The van der Waals surface area contributed by atoms with E-state index in [-0.39, 0.29) is 28.5 Å². The maximum Gasteiger partial charge on any atom is 0.244 e. The number of nitrogens with zero attached hydrogens (tertiary/aromatic N) is 1. The number of terminal acetylenes is 1. The van der Waals surface area contributed by atoms with Gasteiger partial charge in [0.05, 0.1) is 7.11 Å². The SMILES string of the molecule is C#CN1CC[C@@H](NS(=O)(=O)c2cc(NC(=O)C(C)CCC)ccc2OC)C1. The Morgan fingerprint density at radius 2 is 2.22 bits per heavy atom. The van der Waals surface area contributed by atoms with Crippen LogP contribution < -0.4 is 14.8 Å². The minimum atomic E-state index is -3.83. The van der Waals surface area contributed by atoms with Gasteiger partial charge in [0.2, 0.25) is 15.9 Å².